The van der Waals surface area contributed by atoms with Gasteiger partial charge in [-0.15, -0.1) is 0 Å². The summed E-state index contributed by atoms with van der Waals surface area (Å²) in [7, 11) is 0. The number of anilines is 1. The van der Waals surface area contributed by atoms with Crippen LogP contribution in [0.1, 0.15) is 31.1 Å². The monoisotopic (exact) mass is 441 g/mol. The molecule has 170 valence electrons. The highest BCUT2D eigenvalue weighted by molar-refractivity contribution is 5.82. The van der Waals surface area contributed by atoms with E-state index in [4.69, 9.17) is 9.47 Å². The molecule has 5 rings (SSSR count). The molecule has 1 aliphatic heterocycles. The second-order valence-electron chi connectivity index (χ2n) is 8.29. The first-order valence-corrected chi connectivity index (χ1v) is 10.9. The van der Waals surface area contributed by atoms with Crippen LogP contribution >= 0.6 is 0 Å². The van der Waals surface area contributed by atoms with Gasteiger partial charge < -0.3 is 30.1 Å². The lowest BCUT2D eigenvalue weighted by Crippen LogP contribution is -2.33. The third-order valence-electron chi connectivity index (χ3n) is 6.23. The zero-order valence-corrected chi connectivity index (χ0v) is 17.5. The van der Waals surface area contributed by atoms with Gasteiger partial charge in [0.15, 0.2) is 23.2 Å². The van der Waals surface area contributed by atoms with Gasteiger partial charge >= 0.3 is 0 Å². The topological polar surface area (TPSA) is 135 Å². The molecule has 3 heterocycles. The van der Waals surface area contributed by atoms with Crippen molar-refractivity contribution in [3.05, 3.63) is 48.5 Å². The van der Waals surface area contributed by atoms with Crippen molar-refractivity contribution in [3.63, 3.8) is 0 Å². The van der Waals surface area contributed by atoms with E-state index in [9.17, 15) is 15.3 Å². The lowest BCUT2D eigenvalue weighted by Gasteiger charge is -2.22. The molecule has 2 aliphatic rings. The molecule has 6 atom stereocenters. The van der Waals surface area contributed by atoms with Crippen molar-refractivity contribution in [2.24, 2.45) is 0 Å². The van der Waals surface area contributed by atoms with Crippen molar-refractivity contribution in [2.45, 2.75) is 62.6 Å². The Labute approximate surface area is 184 Å². The molecule has 3 aromatic rings. The summed E-state index contributed by atoms with van der Waals surface area (Å²) >= 11 is 0. The highest BCUT2D eigenvalue weighted by atomic mass is 16.6. The predicted octanol–water partition coefficient (Wildman–Crippen LogP) is 0.988. The van der Waals surface area contributed by atoms with Gasteiger partial charge in [0.25, 0.3) is 0 Å². The molecule has 1 aromatic carbocycles. The summed E-state index contributed by atoms with van der Waals surface area (Å²) in [6.07, 6.45) is 1.81. The fourth-order valence-electron chi connectivity index (χ4n) is 4.50. The van der Waals surface area contributed by atoms with Crippen LogP contribution in [0, 0.1) is 0 Å². The van der Waals surface area contributed by atoms with Crippen molar-refractivity contribution in [3.8, 4) is 0 Å². The number of imidazole rings is 1. The Morgan fingerprint density at radius 3 is 2.72 bits per heavy atom. The predicted molar refractivity (Wildman–Crippen MR) is 115 cm³/mol. The zero-order valence-electron chi connectivity index (χ0n) is 17.5. The first-order valence-electron chi connectivity index (χ1n) is 10.9. The second kappa shape index (κ2) is 9.08. The number of ether oxygens (including phenoxy) is 2. The van der Waals surface area contributed by atoms with Crippen molar-refractivity contribution in [1.82, 2.24) is 19.5 Å². The number of aromatic nitrogens is 4. The van der Waals surface area contributed by atoms with E-state index in [1.165, 1.54) is 12.7 Å². The summed E-state index contributed by atoms with van der Waals surface area (Å²) in [6.45, 7) is 0.165. The molecule has 1 saturated carbocycles. The van der Waals surface area contributed by atoms with Crippen LogP contribution in [0.2, 0.25) is 0 Å². The Morgan fingerprint density at radius 2 is 1.94 bits per heavy atom. The maximum Gasteiger partial charge on any atom is 0.167 e. The Balaban J connectivity index is 1.33. The molecule has 32 heavy (non-hydrogen) atoms. The smallest absolute Gasteiger partial charge is 0.167 e. The highest BCUT2D eigenvalue weighted by Crippen LogP contribution is 2.33. The van der Waals surface area contributed by atoms with E-state index in [2.05, 4.69) is 32.4 Å². The molecule has 4 N–H and O–H groups in total. The van der Waals surface area contributed by atoms with E-state index < -0.39 is 31.1 Å². The first kappa shape index (κ1) is 21.2. The maximum atomic E-state index is 10.4. The zero-order chi connectivity index (χ0) is 22.1. The summed E-state index contributed by atoms with van der Waals surface area (Å²) in [6, 6.07) is 10.2. The summed E-state index contributed by atoms with van der Waals surface area (Å²) in [5.74, 6) is 0.584. The number of rotatable bonds is 7. The van der Waals surface area contributed by atoms with Crippen molar-refractivity contribution in [1.29, 1.82) is 0 Å². The van der Waals surface area contributed by atoms with Gasteiger partial charge in [0.05, 0.1) is 31.7 Å². The molecule has 10 heteroatoms. The normalized spacial score (nSPS) is 30.2. The van der Waals surface area contributed by atoms with E-state index >= 15 is 0 Å². The fraction of sp³-hybridized carbons (Fsp3) is 0.500. The van der Waals surface area contributed by atoms with Gasteiger partial charge in [0.2, 0.25) is 0 Å². The Hall–Kier alpha value is -2.63. The summed E-state index contributed by atoms with van der Waals surface area (Å²) < 4.78 is 13.4. The van der Waals surface area contributed by atoms with Crippen molar-refractivity contribution < 1.29 is 24.8 Å². The molecule has 0 radical (unpaired) electrons. The molecule has 2 fully saturated rings. The van der Waals surface area contributed by atoms with Gasteiger partial charge in [0, 0.05) is 0 Å². The van der Waals surface area contributed by atoms with Crippen LogP contribution in [0.3, 0.4) is 0 Å². The van der Waals surface area contributed by atoms with Crippen LogP contribution in [0.5, 0.6) is 0 Å². The number of aliphatic hydroxyl groups is 3. The van der Waals surface area contributed by atoms with Crippen LogP contribution in [-0.2, 0) is 16.1 Å². The lowest BCUT2D eigenvalue weighted by molar-refractivity contribution is -0.0511. The first-order chi connectivity index (χ1) is 15.7. The van der Waals surface area contributed by atoms with Crippen LogP contribution in [0.4, 0.5) is 5.82 Å². The Morgan fingerprint density at radius 1 is 1.09 bits per heavy atom. The van der Waals surface area contributed by atoms with E-state index in [1.807, 2.05) is 18.2 Å². The molecule has 0 amide bonds. The fourth-order valence-corrected chi connectivity index (χ4v) is 4.50. The van der Waals surface area contributed by atoms with Crippen LogP contribution in [-0.4, -0.2) is 71.9 Å². The minimum Gasteiger partial charge on any atom is -0.394 e. The number of benzene rings is 1. The summed E-state index contributed by atoms with van der Waals surface area (Å²) in [5, 5.41) is 33.3. The molecule has 1 saturated heterocycles. The summed E-state index contributed by atoms with van der Waals surface area (Å²) in [5.41, 5.74) is 2.15. The van der Waals surface area contributed by atoms with E-state index in [0.717, 1.165) is 24.8 Å². The molecule has 0 spiro atoms. The SMILES string of the molecule is OCC1OC(n2cnc3c(N[C@@H]4CCC[C@H]4OCc4ccccc4)ncnc32)[C@H](O)[C@@H]1O. The van der Waals surface area contributed by atoms with Crippen molar-refractivity contribution >= 4 is 17.0 Å². The number of nitrogens with one attached hydrogen (secondary N) is 1. The van der Waals surface area contributed by atoms with E-state index in [0.29, 0.717) is 23.6 Å². The van der Waals surface area contributed by atoms with Gasteiger partial charge in [-0.1, -0.05) is 30.3 Å². The number of fused-ring (bicyclic) bond motifs is 1. The molecule has 2 aromatic heterocycles. The third kappa shape index (κ3) is 3.96. The lowest BCUT2D eigenvalue weighted by atomic mass is 10.1. The minimum absolute atomic E-state index is 0.0581. The number of hydrogen-bond donors (Lipinski definition) is 4. The Kier molecular flexibility index (Phi) is 6.03. The maximum absolute atomic E-state index is 10.4. The molecular weight excluding hydrogens is 414 g/mol. The highest BCUT2D eigenvalue weighted by Gasteiger charge is 2.44. The van der Waals surface area contributed by atoms with Crippen LogP contribution in [0.15, 0.2) is 43.0 Å². The van der Waals surface area contributed by atoms with Crippen LogP contribution < -0.4 is 5.32 Å². The number of nitrogens with zero attached hydrogens (tertiary/aromatic N) is 4. The molecule has 0 bridgehead atoms. The van der Waals surface area contributed by atoms with Gasteiger partial charge in [-0.3, -0.25) is 4.57 Å². The quantitative estimate of drug-likeness (QED) is 0.423. The van der Waals surface area contributed by atoms with E-state index in [-0.39, 0.29) is 12.1 Å². The Bertz CT molecular complexity index is 1050. The standard InChI is InChI=1S/C22H27N5O5/c28-9-16-18(29)19(30)22(32-16)27-12-25-17-20(23-11-24-21(17)27)26-14-7-4-8-15(14)31-10-13-5-2-1-3-6-13/h1-3,5-6,11-12,14-16,18-19,22,28-30H,4,7-10H2,(H,23,24,26)/t14-,15-,16?,18-,19-,22?/m1/s1. The number of aliphatic hydroxyl groups excluding tert-OH is 3. The molecule has 10 nitrogen and oxygen atoms in total. The van der Waals surface area contributed by atoms with Crippen molar-refractivity contribution in [2.75, 3.05) is 11.9 Å². The second-order valence-corrected chi connectivity index (χ2v) is 8.29. The average Bonchev–Trinajstić information content (AvgIpc) is 3.52. The van der Waals surface area contributed by atoms with Crippen LogP contribution in [0.25, 0.3) is 11.2 Å². The largest absolute Gasteiger partial charge is 0.394 e. The minimum atomic E-state index is -1.21. The molecule has 1 aliphatic carbocycles. The summed E-state index contributed by atoms with van der Waals surface area (Å²) in [4.78, 5) is 13.1. The average molecular weight is 441 g/mol. The van der Waals surface area contributed by atoms with Gasteiger partial charge in [0.1, 0.15) is 24.6 Å². The van der Waals surface area contributed by atoms with Gasteiger partial charge in [-0.2, -0.15) is 0 Å². The van der Waals surface area contributed by atoms with E-state index in [1.54, 1.807) is 4.57 Å². The number of hydrogen-bond acceptors (Lipinski definition) is 9. The third-order valence-corrected chi connectivity index (χ3v) is 6.23. The van der Waals surface area contributed by atoms with Gasteiger partial charge in [-0.25, -0.2) is 15.0 Å². The molecule has 2 unspecified atom stereocenters. The molecular formula is C22H27N5O5. The van der Waals surface area contributed by atoms with Gasteiger partial charge in [-0.05, 0) is 24.8 Å².